The fourth-order valence-corrected chi connectivity index (χ4v) is 4.08. The monoisotopic (exact) mass is 402 g/mol. The molecule has 1 aromatic carbocycles. The summed E-state index contributed by atoms with van der Waals surface area (Å²) in [6, 6.07) is 11.3. The van der Waals surface area contributed by atoms with Gasteiger partial charge in [0.15, 0.2) is 5.82 Å². The third-order valence-corrected chi connectivity index (χ3v) is 5.50. The Morgan fingerprint density at radius 1 is 1.20 bits per heavy atom. The first-order valence-corrected chi connectivity index (χ1v) is 10.1. The molecule has 0 saturated carbocycles. The number of hydrogen-bond acceptors (Lipinski definition) is 5. The van der Waals surface area contributed by atoms with Crippen molar-refractivity contribution >= 4 is 5.91 Å². The number of aromatic nitrogens is 3. The predicted octanol–water partition coefficient (Wildman–Crippen LogP) is 3.92. The van der Waals surface area contributed by atoms with Gasteiger partial charge in [-0.25, -0.2) is 9.97 Å². The van der Waals surface area contributed by atoms with Crippen molar-refractivity contribution in [3.8, 4) is 17.1 Å². The summed E-state index contributed by atoms with van der Waals surface area (Å²) in [4.78, 5) is 26.3. The van der Waals surface area contributed by atoms with Gasteiger partial charge in [0.25, 0.3) is 0 Å². The van der Waals surface area contributed by atoms with Crippen molar-refractivity contribution in [2.75, 3.05) is 7.11 Å². The average molecular weight is 402 g/mol. The Kier molecular flexibility index (Phi) is 5.48. The molecular formula is C24H26N4O2. The summed E-state index contributed by atoms with van der Waals surface area (Å²) in [5.41, 5.74) is 3.83. The molecule has 0 aliphatic heterocycles. The van der Waals surface area contributed by atoms with E-state index < -0.39 is 0 Å². The maximum absolute atomic E-state index is 12.8. The van der Waals surface area contributed by atoms with Gasteiger partial charge in [-0.05, 0) is 36.5 Å². The first-order valence-electron chi connectivity index (χ1n) is 10.1. The zero-order valence-corrected chi connectivity index (χ0v) is 17.6. The van der Waals surface area contributed by atoms with Crippen LogP contribution >= 0.6 is 0 Å². The van der Waals surface area contributed by atoms with Gasteiger partial charge < -0.3 is 10.1 Å². The molecule has 0 radical (unpaired) electrons. The number of nitrogens with zero attached hydrogens (tertiary/aromatic N) is 3. The highest BCUT2D eigenvalue weighted by atomic mass is 16.5. The topological polar surface area (TPSA) is 77.0 Å². The van der Waals surface area contributed by atoms with Crippen LogP contribution in [-0.2, 0) is 17.6 Å². The molecule has 6 heteroatoms. The third kappa shape index (κ3) is 4.32. The molecule has 6 nitrogen and oxygen atoms in total. The maximum Gasteiger partial charge on any atom is 0.225 e. The van der Waals surface area contributed by atoms with Crippen LogP contribution in [-0.4, -0.2) is 28.0 Å². The second-order valence-corrected chi connectivity index (χ2v) is 8.49. The molecule has 0 bridgehead atoms. The van der Waals surface area contributed by atoms with Gasteiger partial charge >= 0.3 is 0 Å². The Morgan fingerprint density at radius 2 is 1.97 bits per heavy atom. The van der Waals surface area contributed by atoms with Crippen LogP contribution in [0.3, 0.4) is 0 Å². The smallest absolute Gasteiger partial charge is 0.225 e. The highest BCUT2D eigenvalue weighted by molar-refractivity contribution is 5.80. The number of nitrogens with one attached hydrogen (secondary N) is 1. The Bertz CT molecular complexity index is 1050. The summed E-state index contributed by atoms with van der Waals surface area (Å²) < 4.78 is 5.38. The summed E-state index contributed by atoms with van der Waals surface area (Å²) in [7, 11) is 1.62. The van der Waals surface area contributed by atoms with E-state index in [-0.39, 0.29) is 23.8 Å². The van der Waals surface area contributed by atoms with E-state index in [1.165, 1.54) is 0 Å². The summed E-state index contributed by atoms with van der Waals surface area (Å²) in [6.07, 6.45) is 7.30. The number of carbonyl (C=O) groups excluding carboxylic acids is 1. The maximum atomic E-state index is 12.8. The minimum atomic E-state index is -0.113. The minimum Gasteiger partial charge on any atom is -0.496 e. The summed E-state index contributed by atoms with van der Waals surface area (Å²) in [6.45, 7) is 4.42. The van der Waals surface area contributed by atoms with Crippen molar-refractivity contribution in [2.45, 2.75) is 39.2 Å². The van der Waals surface area contributed by atoms with Crippen molar-refractivity contribution in [1.29, 1.82) is 0 Å². The van der Waals surface area contributed by atoms with Gasteiger partial charge in [0.05, 0.1) is 25.3 Å². The molecule has 30 heavy (non-hydrogen) atoms. The number of amides is 1. The number of methoxy groups -OCH3 is 1. The Hall–Kier alpha value is -3.28. The molecule has 1 aliphatic rings. The lowest BCUT2D eigenvalue weighted by molar-refractivity contribution is -0.121. The first-order chi connectivity index (χ1) is 14.4. The predicted molar refractivity (Wildman–Crippen MR) is 115 cm³/mol. The van der Waals surface area contributed by atoms with Crippen LogP contribution in [0, 0.1) is 5.41 Å². The van der Waals surface area contributed by atoms with Crippen LogP contribution in [0.2, 0.25) is 0 Å². The molecule has 3 aromatic rings. The molecule has 1 aliphatic carbocycles. The average Bonchev–Trinajstić information content (AvgIpc) is 2.73. The van der Waals surface area contributed by atoms with Gasteiger partial charge in [-0.2, -0.15) is 0 Å². The number of carbonyl (C=O) groups is 1. The van der Waals surface area contributed by atoms with E-state index in [1.807, 2.05) is 42.6 Å². The van der Waals surface area contributed by atoms with E-state index in [2.05, 4.69) is 29.1 Å². The molecule has 0 fully saturated rings. The third-order valence-electron chi connectivity index (χ3n) is 5.50. The van der Waals surface area contributed by atoms with Crippen LogP contribution in [0.15, 0.2) is 55.0 Å². The fraction of sp³-hybridized carbons (Fsp3) is 0.333. The van der Waals surface area contributed by atoms with Gasteiger partial charge in [0.1, 0.15) is 5.75 Å². The number of pyridine rings is 1. The van der Waals surface area contributed by atoms with Crippen molar-refractivity contribution < 1.29 is 9.53 Å². The van der Waals surface area contributed by atoms with Gasteiger partial charge in [-0.1, -0.05) is 32.0 Å². The van der Waals surface area contributed by atoms with Crippen LogP contribution in [0.25, 0.3) is 11.4 Å². The number of para-hydroxylation sites is 1. The highest BCUT2D eigenvalue weighted by Crippen LogP contribution is 2.40. The molecule has 154 valence electrons. The van der Waals surface area contributed by atoms with Crippen LogP contribution in [0.4, 0.5) is 0 Å². The summed E-state index contributed by atoms with van der Waals surface area (Å²) in [5, 5.41) is 3.21. The Morgan fingerprint density at radius 3 is 2.73 bits per heavy atom. The fourth-order valence-electron chi connectivity index (χ4n) is 4.08. The number of rotatable bonds is 5. The molecule has 1 unspecified atom stereocenters. The molecule has 1 N–H and O–H groups in total. The first kappa shape index (κ1) is 20.0. The van der Waals surface area contributed by atoms with E-state index in [1.54, 1.807) is 19.5 Å². The molecule has 1 atom stereocenters. The van der Waals surface area contributed by atoms with Crippen LogP contribution in [0.1, 0.15) is 43.1 Å². The number of ether oxygens (including phenoxy) is 1. The molecule has 2 aromatic heterocycles. The highest BCUT2D eigenvalue weighted by Gasteiger charge is 2.34. The van der Waals surface area contributed by atoms with Gasteiger partial charge in [-0.3, -0.25) is 9.78 Å². The summed E-state index contributed by atoms with van der Waals surface area (Å²) >= 11 is 0. The van der Waals surface area contributed by atoms with E-state index in [4.69, 9.17) is 9.72 Å². The van der Waals surface area contributed by atoms with Crippen LogP contribution in [0.5, 0.6) is 5.75 Å². The lowest BCUT2D eigenvalue weighted by Gasteiger charge is -2.36. The standard InChI is InChI=1S/C24H26N4O2/c1-24(2)13-19(27-22(29)12-17-6-4-5-7-21(17)30-3)18-15-26-23(28-20(18)14-24)16-8-10-25-11-9-16/h4-11,15,19H,12-14H2,1-3H3,(H,27,29). The largest absolute Gasteiger partial charge is 0.496 e. The summed E-state index contributed by atoms with van der Waals surface area (Å²) in [5.74, 6) is 1.38. The zero-order chi connectivity index (χ0) is 21.1. The molecule has 1 amide bonds. The van der Waals surface area contributed by atoms with Crippen molar-refractivity contribution in [2.24, 2.45) is 5.41 Å². The van der Waals surface area contributed by atoms with Crippen LogP contribution < -0.4 is 10.1 Å². The Balaban J connectivity index is 1.58. The molecule has 0 saturated heterocycles. The van der Waals surface area contributed by atoms with Gasteiger partial charge in [0, 0.05) is 35.3 Å². The molecule has 2 heterocycles. The quantitative estimate of drug-likeness (QED) is 0.700. The molecular weight excluding hydrogens is 376 g/mol. The van der Waals surface area contributed by atoms with Gasteiger partial charge in [-0.15, -0.1) is 0 Å². The SMILES string of the molecule is COc1ccccc1CC(=O)NC1CC(C)(C)Cc2nc(-c3ccncc3)ncc21. The van der Waals surface area contributed by atoms with E-state index in [0.29, 0.717) is 5.82 Å². The van der Waals surface area contributed by atoms with Gasteiger partial charge in [0.2, 0.25) is 5.91 Å². The molecule has 4 rings (SSSR count). The van der Waals surface area contributed by atoms with E-state index >= 15 is 0 Å². The second-order valence-electron chi connectivity index (χ2n) is 8.49. The van der Waals surface area contributed by atoms with Crippen molar-refractivity contribution in [1.82, 2.24) is 20.3 Å². The minimum absolute atomic E-state index is 0.0270. The lowest BCUT2D eigenvalue weighted by atomic mass is 9.74. The van der Waals surface area contributed by atoms with E-state index in [9.17, 15) is 4.79 Å². The second kappa shape index (κ2) is 8.22. The molecule has 0 spiro atoms. The van der Waals surface area contributed by atoms with Crippen molar-refractivity contribution in [3.05, 3.63) is 71.8 Å². The number of hydrogen-bond donors (Lipinski definition) is 1. The number of benzene rings is 1. The van der Waals surface area contributed by atoms with Crippen molar-refractivity contribution in [3.63, 3.8) is 0 Å². The Labute approximate surface area is 176 Å². The zero-order valence-electron chi connectivity index (χ0n) is 17.6. The van der Waals surface area contributed by atoms with E-state index in [0.717, 1.165) is 41.0 Å². The normalized spacial score (nSPS) is 17.1. The number of fused-ring (bicyclic) bond motifs is 1. The lowest BCUT2D eigenvalue weighted by Crippen LogP contribution is -2.37.